The smallest absolute Gasteiger partial charge is 0.191 e. The van der Waals surface area contributed by atoms with Gasteiger partial charge in [0.25, 0.3) is 0 Å². The Hall–Kier alpha value is -2.90. The first kappa shape index (κ1) is 18.9. The van der Waals surface area contributed by atoms with E-state index in [4.69, 9.17) is 0 Å². The second-order valence-corrected chi connectivity index (χ2v) is 6.35. The highest BCUT2D eigenvalue weighted by atomic mass is 19.1. The number of aromatic nitrogens is 4. The lowest BCUT2D eigenvalue weighted by Crippen LogP contribution is -2.38. The number of hydrogen-bond acceptors (Lipinski definition) is 3. The van der Waals surface area contributed by atoms with Crippen molar-refractivity contribution in [2.24, 2.45) is 4.99 Å². The molecule has 0 saturated heterocycles. The number of halogens is 1. The van der Waals surface area contributed by atoms with Gasteiger partial charge in [-0.05, 0) is 49.9 Å². The fourth-order valence-electron chi connectivity index (χ4n) is 2.95. The van der Waals surface area contributed by atoms with Gasteiger partial charge >= 0.3 is 0 Å². The molecule has 0 amide bonds. The van der Waals surface area contributed by atoms with Crippen molar-refractivity contribution in [3.8, 4) is 0 Å². The van der Waals surface area contributed by atoms with E-state index in [1.807, 2.05) is 17.7 Å². The van der Waals surface area contributed by atoms with Crippen LogP contribution in [-0.2, 0) is 13.0 Å². The van der Waals surface area contributed by atoms with Crippen LogP contribution in [0, 0.1) is 5.82 Å². The van der Waals surface area contributed by atoms with Crippen molar-refractivity contribution in [1.29, 1.82) is 0 Å². The summed E-state index contributed by atoms with van der Waals surface area (Å²) >= 11 is 0. The van der Waals surface area contributed by atoms with Gasteiger partial charge in [-0.3, -0.25) is 4.99 Å². The molecule has 0 aliphatic rings. The number of nitrogens with zero attached hydrogens (tertiary/aromatic N) is 4. The molecule has 0 radical (unpaired) electrons. The third kappa shape index (κ3) is 5.54. The molecule has 0 atom stereocenters. The van der Waals surface area contributed by atoms with Crippen molar-refractivity contribution >= 4 is 16.9 Å². The minimum Gasteiger partial charge on any atom is -0.361 e. The summed E-state index contributed by atoms with van der Waals surface area (Å²) in [4.78, 5) is 7.80. The zero-order valence-electron chi connectivity index (χ0n) is 15.6. The third-order valence-electron chi connectivity index (χ3n) is 4.32. The maximum absolute atomic E-state index is 13.5. The Labute approximate surface area is 158 Å². The number of aromatic amines is 1. The molecule has 1 aromatic carbocycles. The molecular formula is C19H26FN7. The molecule has 3 rings (SSSR count). The van der Waals surface area contributed by atoms with Crippen LogP contribution in [0.3, 0.4) is 0 Å². The molecule has 3 aromatic rings. The van der Waals surface area contributed by atoms with E-state index < -0.39 is 0 Å². The Morgan fingerprint density at radius 1 is 1.22 bits per heavy atom. The quantitative estimate of drug-likeness (QED) is 0.307. The second kappa shape index (κ2) is 9.70. The van der Waals surface area contributed by atoms with E-state index in [1.54, 1.807) is 24.8 Å². The Bertz CT molecular complexity index is 854. The highest BCUT2D eigenvalue weighted by molar-refractivity contribution is 5.83. The van der Waals surface area contributed by atoms with Gasteiger partial charge < -0.3 is 20.2 Å². The van der Waals surface area contributed by atoms with Gasteiger partial charge in [-0.2, -0.15) is 0 Å². The summed E-state index contributed by atoms with van der Waals surface area (Å²) in [5.74, 6) is 0.602. The van der Waals surface area contributed by atoms with E-state index >= 15 is 0 Å². The summed E-state index contributed by atoms with van der Waals surface area (Å²) in [6, 6.07) is 4.82. The van der Waals surface area contributed by atoms with Crippen LogP contribution in [-0.4, -0.2) is 45.3 Å². The third-order valence-corrected chi connectivity index (χ3v) is 4.32. The van der Waals surface area contributed by atoms with Crippen molar-refractivity contribution in [3.63, 3.8) is 0 Å². The molecule has 0 aliphatic heterocycles. The molecule has 0 spiro atoms. The number of aryl methyl sites for hydroxylation is 1. The molecule has 8 heteroatoms. The first-order valence-corrected chi connectivity index (χ1v) is 9.36. The summed E-state index contributed by atoms with van der Waals surface area (Å²) in [6.07, 6.45) is 8.22. The van der Waals surface area contributed by atoms with Crippen molar-refractivity contribution in [3.05, 3.63) is 48.4 Å². The fourth-order valence-corrected chi connectivity index (χ4v) is 2.95. The number of fused-ring (bicyclic) bond motifs is 1. The lowest BCUT2D eigenvalue weighted by molar-refractivity contribution is 0.611. The van der Waals surface area contributed by atoms with E-state index in [1.165, 1.54) is 6.07 Å². The van der Waals surface area contributed by atoms with Crippen molar-refractivity contribution < 1.29 is 4.39 Å². The van der Waals surface area contributed by atoms with E-state index in [0.29, 0.717) is 0 Å². The van der Waals surface area contributed by atoms with E-state index in [0.717, 1.165) is 67.9 Å². The molecule has 0 fully saturated rings. The number of aliphatic imine (C=N–C) groups is 1. The molecule has 0 saturated carbocycles. The minimum absolute atomic E-state index is 0.210. The monoisotopic (exact) mass is 371 g/mol. The predicted molar refractivity (Wildman–Crippen MR) is 105 cm³/mol. The first-order valence-electron chi connectivity index (χ1n) is 9.36. The molecule has 2 heterocycles. The van der Waals surface area contributed by atoms with Crippen LogP contribution in [0.25, 0.3) is 10.9 Å². The SMILES string of the molecule is CCNC(=NCCCCn1cnnc1)NCCc1c[nH]c2ccc(F)cc12. The predicted octanol–water partition coefficient (Wildman–Crippen LogP) is 2.48. The van der Waals surface area contributed by atoms with Crippen LogP contribution < -0.4 is 10.6 Å². The molecule has 0 unspecified atom stereocenters. The lowest BCUT2D eigenvalue weighted by atomic mass is 10.1. The number of benzene rings is 1. The first-order chi connectivity index (χ1) is 13.3. The van der Waals surface area contributed by atoms with Gasteiger partial charge in [-0.15, -0.1) is 10.2 Å². The van der Waals surface area contributed by atoms with Gasteiger partial charge in [0, 0.05) is 43.3 Å². The van der Waals surface area contributed by atoms with Crippen LogP contribution in [0.5, 0.6) is 0 Å². The summed E-state index contributed by atoms with van der Waals surface area (Å²) < 4.78 is 15.4. The van der Waals surface area contributed by atoms with Gasteiger partial charge in [-0.1, -0.05) is 0 Å². The maximum Gasteiger partial charge on any atom is 0.191 e. The highest BCUT2D eigenvalue weighted by Crippen LogP contribution is 2.19. The average molecular weight is 371 g/mol. The number of guanidine groups is 1. The molecule has 2 aromatic heterocycles. The molecule has 144 valence electrons. The zero-order chi connectivity index (χ0) is 18.9. The van der Waals surface area contributed by atoms with Crippen molar-refractivity contribution in [2.75, 3.05) is 19.6 Å². The van der Waals surface area contributed by atoms with Crippen LogP contribution in [0.2, 0.25) is 0 Å². The largest absolute Gasteiger partial charge is 0.361 e. The van der Waals surface area contributed by atoms with Crippen LogP contribution in [0.1, 0.15) is 25.3 Å². The normalized spacial score (nSPS) is 11.9. The number of nitrogens with one attached hydrogen (secondary N) is 3. The molecule has 0 bridgehead atoms. The van der Waals surface area contributed by atoms with Gasteiger partial charge in [0.1, 0.15) is 18.5 Å². The Morgan fingerprint density at radius 3 is 2.89 bits per heavy atom. The molecule has 7 nitrogen and oxygen atoms in total. The summed E-state index contributed by atoms with van der Waals surface area (Å²) in [5, 5.41) is 15.1. The number of unbranched alkanes of at least 4 members (excludes halogenated alkanes) is 1. The Balaban J connectivity index is 1.45. The van der Waals surface area contributed by atoms with Gasteiger partial charge in [0.15, 0.2) is 5.96 Å². The standard InChI is InChI=1S/C19H26FN7/c1-2-21-19(22-8-3-4-10-27-13-25-26-14-27)23-9-7-15-12-24-18-6-5-16(20)11-17(15)18/h5-6,11-14,24H,2-4,7-10H2,1H3,(H2,21,22,23). The van der Waals surface area contributed by atoms with Gasteiger partial charge in [-0.25, -0.2) is 4.39 Å². The highest BCUT2D eigenvalue weighted by Gasteiger charge is 2.05. The maximum atomic E-state index is 13.5. The topological polar surface area (TPSA) is 82.9 Å². The van der Waals surface area contributed by atoms with E-state index in [9.17, 15) is 4.39 Å². The number of hydrogen-bond donors (Lipinski definition) is 3. The van der Waals surface area contributed by atoms with Crippen LogP contribution >= 0.6 is 0 Å². The minimum atomic E-state index is -0.210. The van der Waals surface area contributed by atoms with Crippen LogP contribution in [0.15, 0.2) is 42.0 Å². The van der Waals surface area contributed by atoms with E-state index in [2.05, 4.69) is 30.8 Å². The molecular weight excluding hydrogens is 345 g/mol. The van der Waals surface area contributed by atoms with Crippen molar-refractivity contribution in [1.82, 2.24) is 30.4 Å². The molecule has 27 heavy (non-hydrogen) atoms. The number of rotatable bonds is 9. The Morgan fingerprint density at radius 2 is 2.07 bits per heavy atom. The van der Waals surface area contributed by atoms with Crippen LogP contribution in [0.4, 0.5) is 4.39 Å². The summed E-state index contributed by atoms with van der Waals surface area (Å²) in [5.41, 5.74) is 2.06. The van der Waals surface area contributed by atoms with Crippen molar-refractivity contribution in [2.45, 2.75) is 32.7 Å². The Kier molecular flexibility index (Phi) is 6.78. The summed E-state index contributed by atoms with van der Waals surface area (Å²) in [7, 11) is 0. The van der Waals surface area contributed by atoms with E-state index in [-0.39, 0.29) is 5.82 Å². The fraction of sp³-hybridized carbons (Fsp3) is 0.421. The van der Waals surface area contributed by atoms with Gasteiger partial charge in [0.2, 0.25) is 0 Å². The summed E-state index contributed by atoms with van der Waals surface area (Å²) in [6.45, 7) is 5.26. The lowest BCUT2D eigenvalue weighted by Gasteiger charge is -2.11. The molecule has 3 N–H and O–H groups in total. The second-order valence-electron chi connectivity index (χ2n) is 6.35. The van der Waals surface area contributed by atoms with Gasteiger partial charge in [0.05, 0.1) is 0 Å². The molecule has 0 aliphatic carbocycles. The number of H-pyrrole nitrogens is 1. The zero-order valence-corrected chi connectivity index (χ0v) is 15.6. The average Bonchev–Trinajstić information content (AvgIpc) is 3.31.